The van der Waals surface area contributed by atoms with E-state index in [1.807, 2.05) is 26.0 Å². The van der Waals surface area contributed by atoms with Crippen LogP contribution in [0, 0.1) is 13.8 Å². The summed E-state index contributed by atoms with van der Waals surface area (Å²) in [5.74, 6) is 0.433. The zero-order valence-electron chi connectivity index (χ0n) is 15.9. The lowest BCUT2D eigenvalue weighted by Gasteiger charge is -2.08. The van der Waals surface area contributed by atoms with Crippen LogP contribution < -0.4 is 16.9 Å². The molecular formula is C21H18N4O3S. The number of aryl methyl sites for hydroxylation is 2. The van der Waals surface area contributed by atoms with Gasteiger partial charge in [0.1, 0.15) is 5.58 Å². The van der Waals surface area contributed by atoms with Gasteiger partial charge in [-0.2, -0.15) is 0 Å². The molecule has 4 rings (SSSR count). The van der Waals surface area contributed by atoms with E-state index in [-0.39, 0.29) is 11.3 Å². The molecule has 0 spiro atoms. The Morgan fingerprint density at radius 1 is 1.07 bits per heavy atom. The average Bonchev–Trinajstić information content (AvgIpc) is 2.68. The van der Waals surface area contributed by atoms with Crippen LogP contribution in [0.1, 0.15) is 16.7 Å². The first-order valence-electron chi connectivity index (χ1n) is 8.91. The van der Waals surface area contributed by atoms with Crippen LogP contribution in [0.15, 0.2) is 61.6 Å². The third-order valence-corrected chi connectivity index (χ3v) is 5.61. The quantitative estimate of drug-likeness (QED) is 0.303. The monoisotopic (exact) mass is 406 g/mol. The van der Waals surface area contributed by atoms with Crippen molar-refractivity contribution in [2.45, 2.75) is 24.8 Å². The Kier molecular flexibility index (Phi) is 4.94. The van der Waals surface area contributed by atoms with E-state index in [1.54, 1.807) is 24.3 Å². The smallest absolute Gasteiger partial charge is 0.336 e. The highest BCUT2D eigenvalue weighted by molar-refractivity contribution is 7.98. The maximum atomic E-state index is 12.5. The van der Waals surface area contributed by atoms with E-state index in [2.05, 4.69) is 15.2 Å². The molecule has 146 valence electrons. The van der Waals surface area contributed by atoms with Crippen molar-refractivity contribution >= 4 is 28.4 Å². The Bertz CT molecular complexity index is 1340. The number of benzene rings is 2. The van der Waals surface area contributed by atoms with Crippen molar-refractivity contribution in [3.8, 4) is 11.3 Å². The number of nitrogens with two attached hydrogens (primary N) is 1. The summed E-state index contributed by atoms with van der Waals surface area (Å²) in [5.41, 5.74) is 9.82. The first-order valence-corrected chi connectivity index (χ1v) is 9.89. The summed E-state index contributed by atoms with van der Waals surface area (Å²) in [4.78, 5) is 27.1. The highest BCUT2D eigenvalue weighted by atomic mass is 32.2. The number of hydrogen-bond donors (Lipinski definition) is 2. The van der Waals surface area contributed by atoms with Gasteiger partial charge in [-0.25, -0.2) is 4.79 Å². The lowest BCUT2D eigenvalue weighted by Crippen LogP contribution is -2.15. The molecular weight excluding hydrogens is 388 g/mol. The van der Waals surface area contributed by atoms with Gasteiger partial charge in [-0.15, -0.1) is 10.2 Å². The van der Waals surface area contributed by atoms with Crippen LogP contribution in [0.25, 0.3) is 22.2 Å². The minimum atomic E-state index is -0.411. The lowest BCUT2D eigenvalue weighted by atomic mass is 10.0. The van der Waals surface area contributed by atoms with Gasteiger partial charge in [0.05, 0.1) is 0 Å². The molecule has 0 fully saturated rings. The van der Waals surface area contributed by atoms with Gasteiger partial charge in [0.15, 0.2) is 10.9 Å². The number of anilines is 1. The number of fused-ring (bicyclic) bond motifs is 1. The van der Waals surface area contributed by atoms with E-state index in [4.69, 9.17) is 10.2 Å². The Morgan fingerprint density at radius 3 is 2.59 bits per heavy atom. The van der Waals surface area contributed by atoms with Crippen molar-refractivity contribution in [1.82, 2.24) is 15.2 Å². The van der Waals surface area contributed by atoms with Crippen molar-refractivity contribution in [3.63, 3.8) is 0 Å². The zero-order chi connectivity index (χ0) is 20.5. The molecule has 4 aromatic rings. The topological polar surface area (TPSA) is 115 Å². The maximum absolute atomic E-state index is 12.5. The third kappa shape index (κ3) is 3.79. The van der Waals surface area contributed by atoms with E-state index in [0.717, 1.165) is 22.1 Å². The normalized spacial score (nSPS) is 11.1. The van der Waals surface area contributed by atoms with E-state index in [1.165, 1.54) is 17.8 Å². The molecule has 0 bridgehead atoms. The molecule has 0 amide bonds. The minimum absolute atomic E-state index is 0.171. The largest absolute Gasteiger partial charge is 0.423 e. The van der Waals surface area contributed by atoms with Gasteiger partial charge in [-0.05, 0) is 48.7 Å². The molecule has 2 aromatic heterocycles. The first-order chi connectivity index (χ1) is 13.9. The Hall–Kier alpha value is -3.39. The van der Waals surface area contributed by atoms with Crippen molar-refractivity contribution in [2.24, 2.45) is 0 Å². The maximum Gasteiger partial charge on any atom is 0.336 e. The second-order valence-corrected chi connectivity index (χ2v) is 7.67. The standard InChI is InChI=1S/C21H18N4O3S/c1-11-7-15-13(9-18(26)28-17(15)8-12(11)2)10-29-21-23-20(27)19(24-25-21)14-5-3-4-6-16(14)22/h3-9H,10,22H2,1-2H3,(H,23,25,27). The van der Waals surface area contributed by atoms with Gasteiger partial charge in [0, 0.05) is 28.5 Å². The van der Waals surface area contributed by atoms with Crippen molar-refractivity contribution in [3.05, 3.63) is 79.9 Å². The van der Waals surface area contributed by atoms with Gasteiger partial charge in [0.25, 0.3) is 5.56 Å². The zero-order valence-corrected chi connectivity index (χ0v) is 16.7. The summed E-state index contributed by atoms with van der Waals surface area (Å²) in [5, 5.41) is 9.38. The molecule has 2 aromatic carbocycles. The number of nitrogens with one attached hydrogen (secondary N) is 1. The van der Waals surface area contributed by atoms with Crippen LogP contribution in [0.5, 0.6) is 0 Å². The molecule has 0 aliphatic rings. The number of hydrogen-bond acceptors (Lipinski definition) is 7. The van der Waals surface area contributed by atoms with E-state index >= 15 is 0 Å². The van der Waals surface area contributed by atoms with Gasteiger partial charge < -0.3 is 10.2 Å². The molecule has 2 heterocycles. The molecule has 8 heteroatoms. The predicted octanol–water partition coefficient (Wildman–Crippen LogP) is 3.43. The van der Waals surface area contributed by atoms with Crippen LogP contribution in [-0.2, 0) is 5.75 Å². The van der Waals surface area contributed by atoms with Crippen LogP contribution in [0.3, 0.4) is 0 Å². The van der Waals surface area contributed by atoms with E-state index in [0.29, 0.717) is 27.7 Å². The van der Waals surface area contributed by atoms with Gasteiger partial charge >= 0.3 is 5.63 Å². The fourth-order valence-corrected chi connectivity index (χ4v) is 3.82. The van der Waals surface area contributed by atoms with Crippen LogP contribution >= 0.6 is 11.8 Å². The fourth-order valence-electron chi connectivity index (χ4n) is 3.02. The molecule has 0 saturated heterocycles. The molecule has 0 atom stereocenters. The molecule has 0 saturated carbocycles. The van der Waals surface area contributed by atoms with Crippen molar-refractivity contribution in [2.75, 3.05) is 5.73 Å². The number of nitrogens with zero attached hydrogens (tertiary/aromatic N) is 2. The molecule has 0 aliphatic carbocycles. The van der Waals surface area contributed by atoms with Crippen molar-refractivity contribution in [1.29, 1.82) is 0 Å². The number of para-hydroxylation sites is 1. The lowest BCUT2D eigenvalue weighted by molar-refractivity contribution is 0.559. The first kappa shape index (κ1) is 18.9. The van der Waals surface area contributed by atoms with Gasteiger partial charge in [0.2, 0.25) is 0 Å². The van der Waals surface area contributed by atoms with Crippen LogP contribution in [-0.4, -0.2) is 15.2 Å². The van der Waals surface area contributed by atoms with Gasteiger partial charge in [-0.1, -0.05) is 30.0 Å². The molecule has 0 aliphatic heterocycles. The average molecular weight is 406 g/mol. The van der Waals surface area contributed by atoms with Crippen LogP contribution in [0.2, 0.25) is 0 Å². The Morgan fingerprint density at radius 2 is 1.83 bits per heavy atom. The second-order valence-electron chi connectivity index (χ2n) is 6.71. The number of H-pyrrole nitrogens is 1. The van der Waals surface area contributed by atoms with Crippen molar-refractivity contribution < 1.29 is 4.42 Å². The Balaban J connectivity index is 1.64. The SMILES string of the molecule is Cc1cc2oc(=O)cc(CSc3nnc(-c4ccccc4N)c(=O)[nH]3)c2cc1C. The number of rotatable bonds is 4. The minimum Gasteiger partial charge on any atom is -0.423 e. The van der Waals surface area contributed by atoms with E-state index in [9.17, 15) is 9.59 Å². The number of thioether (sulfide) groups is 1. The Labute approximate surface area is 170 Å². The summed E-state index contributed by atoms with van der Waals surface area (Å²) in [7, 11) is 0. The summed E-state index contributed by atoms with van der Waals surface area (Å²) < 4.78 is 5.32. The molecule has 0 unspecified atom stereocenters. The van der Waals surface area contributed by atoms with Gasteiger partial charge in [-0.3, -0.25) is 9.78 Å². The summed E-state index contributed by atoms with van der Waals surface area (Å²) in [6.45, 7) is 3.98. The third-order valence-electron chi connectivity index (χ3n) is 4.70. The predicted molar refractivity (Wildman–Crippen MR) is 114 cm³/mol. The van der Waals surface area contributed by atoms with Crippen LogP contribution in [0.4, 0.5) is 5.69 Å². The number of aromatic nitrogens is 3. The fraction of sp³-hybridized carbons (Fsp3) is 0.143. The van der Waals surface area contributed by atoms with E-state index < -0.39 is 5.63 Å². The number of aromatic amines is 1. The molecule has 7 nitrogen and oxygen atoms in total. The summed E-state index contributed by atoms with van der Waals surface area (Å²) >= 11 is 1.29. The molecule has 29 heavy (non-hydrogen) atoms. The number of nitrogen functional groups attached to an aromatic ring is 1. The summed E-state index contributed by atoms with van der Waals surface area (Å²) in [6.07, 6.45) is 0. The molecule has 3 N–H and O–H groups in total. The second kappa shape index (κ2) is 7.56. The highest BCUT2D eigenvalue weighted by Crippen LogP contribution is 2.27. The summed E-state index contributed by atoms with van der Waals surface area (Å²) in [6, 6.07) is 12.3. The highest BCUT2D eigenvalue weighted by Gasteiger charge is 2.12. The molecule has 0 radical (unpaired) electrons.